The molecule has 2 atom stereocenters. The van der Waals surface area contributed by atoms with Crippen LogP contribution in [0.3, 0.4) is 0 Å². The van der Waals surface area contributed by atoms with Crippen LogP contribution in [0.5, 0.6) is 5.75 Å². The fraction of sp³-hybridized carbons (Fsp3) is 0.440. The Labute approximate surface area is 225 Å². The molecule has 2 unspecified atom stereocenters. The summed E-state index contributed by atoms with van der Waals surface area (Å²) in [6, 6.07) is 4.05. The van der Waals surface area contributed by atoms with E-state index >= 15 is 0 Å². The second kappa shape index (κ2) is 11.5. The quantitative estimate of drug-likeness (QED) is 0.430. The van der Waals surface area contributed by atoms with Gasteiger partial charge in [0.1, 0.15) is 23.2 Å². The third kappa shape index (κ3) is 7.45. The fourth-order valence-corrected chi connectivity index (χ4v) is 4.39. The molecule has 0 saturated carbocycles. The number of halogens is 3. The van der Waals surface area contributed by atoms with Gasteiger partial charge >= 0.3 is 6.09 Å². The van der Waals surface area contributed by atoms with Crippen molar-refractivity contribution in [2.75, 3.05) is 18.9 Å². The highest BCUT2D eigenvalue weighted by atomic mass is 35.5. The molecule has 12 heteroatoms. The molecule has 0 bridgehead atoms. The van der Waals surface area contributed by atoms with E-state index < -0.39 is 23.6 Å². The van der Waals surface area contributed by atoms with Crippen LogP contribution in [0, 0.1) is 5.82 Å². The van der Waals surface area contributed by atoms with Crippen LogP contribution in [0.4, 0.5) is 15.0 Å². The highest BCUT2D eigenvalue weighted by Gasteiger charge is 2.26. The van der Waals surface area contributed by atoms with Crippen molar-refractivity contribution in [1.29, 1.82) is 0 Å². The Balaban J connectivity index is 1.89. The average molecular weight is 554 g/mol. The Morgan fingerprint density at radius 1 is 1.30 bits per heavy atom. The molecule has 200 valence electrons. The van der Waals surface area contributed by atoms with Gasteiger partial charge in [0, 0.05) is 42.7 Å². The Bertz CT molecular complexity index is 1200. The van der Waals surface area contributed by atoms with Gasteiger partial charge in [-0.15, -0.1) is 10.2 Å². The Morgan fingerprint density at radius 2 is 2.00 bits per heavy atom. The third-order valence-corrected chi connectivity index (χ3v) is 6.20. The number of rotatable bonds is 7. The minimum atomic E-state index is -0.828. The van der Waals surface area contributed by atoms with Gasteiger partial charge in [-0.25, -0.2) is 9.18 Å². The smallest absolute Gasteiger partial charge is 0.413 e. The first-order chi connectivity index (χ1) is 17.2. The molecular weight excluding hydrogens is 524 g/mol. The number of likely N-dealkylation sites (tertiary alicyclic amines) is 1. The lowest BCUT2D eigenvalue weighted by atomic mass is 10.1. The van der Waals surface area contributed by atoms with E-state index in [1.807, 2.05) is 0 Å². The van der Waals surface area contributed by atoms with Crippen LogP contribution < -0.4 is 15.4 Å². The van der Waals surface area contributed by atoms with Gasteiger partial charge in [0.15, 0.2) is 5.75 Å². The predicted molar refractivity (Wildman–Crippen MR) is 140 cm³/mol. The van der Waals surface area contributed by atoms with E-state index in [4.69, 9.17) is 32.7 Å². The maximum absolute atomic E-state index is 14.1. The second-order valence-electron chi connectivity index (χ2n) is 9.72. The van der Waals surface area contributed by atoms with E-state index in [-0.39, 0.29) is 39.1 Å². The van der Waals surface area contributed by atoms with Crippen molar-refractivity contribution < 1.29 is 23.5 Å². The van der Waals surface area contributed by atoms with Crippen LogP contribution in [-0.4, -0.2) is 52.3 Å². The Kier molecular flexibility index (Phi) is 8.86. The highest BCUT2D eigenvalue weighted by Crippen LogP contribution is 2.36. The van der Waals surface area contributed by atoms with Gasteiger partial charge in [0.05, 0.1) is 10.7 Å². The number of amides is 2. The molecule has 0 radical (unpaired) electrons. The lowest BCUT2D eigenvalue weighted by Crippen LogP contribution is -2.45. The normalized spacial score (nSPS) is 16.7. The molecule has 2 aromatic rings. The van der Waals surface area contributed by atoms with Crippen molar-refractivity contribution in [3.63, 3.8) is 0 Å². The maximum Gasteiger partial charge on any atom is 0.413 e. The summed E-state index contributed by atoms with van der Waals surface area (Å²) < 4.78 is 25.5. The maximum atomic E-state index is 14.1. The van der Waals surface area contributed by atoms with Crippen LogP contribution in [0.25, 0.3) is 5.70 Å². The second-order valence-corrected chi connectivity index (χ2v) is 10.5. The zero-order valence-corrected chi connectivity index (χ0v) is 22.8. The molecule has 1 fully saturated rings. The molecule has 0 aliphatic carbocycles. The van der Waals surface area contributed by atoms with Crippen LogP contribution in [0.15, 0.2) is 24.8 Å². The lowest BCUT2D eigenvalue weighted by Gasteiger charge is -2.31. The number of piperidine rings is 1. The first kappa shape index (κ1) is 28.5. The summed E-state index contributed by atoms with van der Waals surface area (Å²) in [5.74, 6) is -0.478. The minimum Gasteiger partial charge on any atom is -0.482 e. The number of carbonyl (C=O) groups excluding carboxylic acids is 2. The number of nitrogens with one attached hydrogen (secondary N) is 2. The molecule has 1 aliphatic rings. The molecule has 1 aromatic carbocycles. The van der Waals surface area contributed by atoms with Crippen molar-refractivity contribution in [2.45, 2.75) is 58.3 Å². The van der Waals surface area contributed by atoms with Crippen LogP contribution in [0.2, 0.25) is 10.0 Å². The number of hydrogen-bond donors (Lipinski definition) is 2. The molecule has 2 amide bonds. The first-order valence-electron chi connectivity index (χ1n) is 11.6. The molecule has 1 aliphatic heterocycles. The molecule has 2 N–H and O–H groups in total. The van der Waals surface area contributed by atoms with E-state index in [0.29, 0.717) is 30.8 Å². The zero-order chi connectivity index (χ0) is 27.5. The number of nitrogens with zero attached hydrogens (tertiary/aromatic N) is 3. The fourth-order valence-electron chi connectivity index (χ4n) is 3.71. The molecule has 0 spiro atoms. The summed E-state index contributed by atoms with van der Waals surface area (Å²) in [6.45, 7) is 11.4. The summed E-state index contributed by atoms with van der Waals surface area (Å²) in [5.41, 5.74) is 0.273. The number of likely N-dealkylation sites (N-methyl/N-ethyl adjacent to an activating group) is 1. The Morgan fingerprint density at radius 3 is 2.65 bits per heavy atom. The molecule has 37 heavy (non-hydrogen) atoms. The summed E-state index contributed by atoms with van der Waals surface area (Å²) in [4.78, 5) is 25.9. The van der Waals surface area contributed by atoms with Gasteiger partial charge < -0.3 is 19.7 Å². The van der Waals surface area contributed by atoms with Gasteiger partial charge in [0.2, 0.25) is 11.7 Å². The Hall–Kier alpha value is -3.11. The van der Waals surface area contributed by atoms with E-state index in [0.717, 1.165) is 6.07 Å². The first-order valence-corrected chi connectivity index (χ1v) is 12.4. The van der Waals surface area contributed by atoms with Crippen molar-refractivity contribution in [3.8, 4) is 5.75 Å². The van der Waals surface area contributed by atoms with Crippen LogP contribution in [-0.2, 0) is 9.53 Å². The van der Waals surface area contributed by atoms with Crippen molar-refractivity contribution in [3.05, 3.63) is 51.9 Å². The van der Waals surface area contributed by atoms with Gasteiger partial charge in [-0.1, -0.05) is 29.8 Å². The van der Waals surface area contributed by atoms with Crippen LogP contribution in [0.1, 0.15) is 57.9 Å². The largest absolute Gasteiger partial charge is 0.482 e. The van der Waals surface area contributed by atoms with E-state index in [1.54, 1.807) is 39.6 Å². The van der Waals surface area contributed by atoms with Crippen molar-refractivity contribution in [2.24, 2.45) is 0 Å². The molecule has 9 nitrogen and oxygen atoms in total. The van der Waals surface area contributed by atoms with Gasteiger partial charge in [0.25, 0.3) is 0 Å². The standard InChI is InChI=1S/C25H30Cl2FN5O4/c1-13(29-15-7-10-20(34)33(6)12-15)18-11-19(23(32-31-18)30-24(35)37-25(3,4)5)36-14(2)21-16(26)8-9-17(28)22(21)27/h8-9,11,14-15,29H,1,7,10,12H2,2-6H3,(H,30,32,35). The van der Waals surface area contributed by atoms with Crippen molar-refractivity contribution in [1.82, 2.24) is 20.4 Å². The average Bonchev–Trinajstić information content (AvgIpc) is 2.79. The number of aromatic nitrogens is 2. The van der Waals surface area contributed by atoms with Crippen molar-refractivity contribution >= 4 is 46.7 Å². The summed E-state index contributed by atoms with van der Waals surface area (Å²) >= 11 is 12.4. The van der Waals surface area contributed by atoms with Gasteiger partial charge in [-0.2, -0.15) is 0 Å². The van der Waals surface area contributed by atoms with E-state index in [9.17, 15) is 14.0 Å². The predicted octanol–water partition coefficient (Wildman–Crippen LogP) is 5.59. The molecule has 3 rings (SSSR count). The number of hydrogen-bond acceptors (Lipinski definition) is 7. The molecular formula is C25H30Cl2FN5O4. The van der Waals surface area contributed by atoms with Gasteiger partial charge in [-0.3, -0.25) is 10.1 Å². The topological polar surface area (TPSA) is 106 Å². The summed E-state index contributed by atoms with van der Waals surface area (Å²) in [7, 11) is 1.74. The number of ether oxygens (including phenoxy) is 2. The van der Waals surface area contributed by atoms with Gasteiger partial charge in [-0.05, 0) is 46.2 Å². The molecule has 1 saturated heterocycles. The number of benzene rings is 1. The third-order valence-electron chi connectivity index (χ3n) is 5.48. The number of carbonyl (C=O) groups is 2. The summed E-state index contributed by atoms with van der Waals surface area (Å²) in [5, 5.41) is 14.1. The zero-order valence-electron chi connectivity index (χ0n) is 21.3. The van der Waals surface area contributed by atoms with E-state index in [2.05, 4.69) is 27.4 Å². The minimum absolute atomic E-state index is 0.0234. The SMILES string of the molecule is C=C(NC1CCC(=O)N(C)C1)c1cc(OC(C)c2c(Cl)ccc(F)c2Cl)c(NC(=O)OC(C)(C)C)nn1. The summed E-state index contributed by atoms with van der Waals surface area (Å²) in [6.07, 6.45) is -0.524. The molecule has 2 heterocycles. The monoisotopic (exact) mass is 553 g/mol. The van der Waals surface area contributed by atoms with Crippen LogP contribution >= 0.6 is 23.2 Å². The van der Waals surface area contributed by atoms with E-state index in [1.165, 1.54) is 12.1 Å². The number of anilines is 1. The lowest BCUT2D eigenvalue weighted by molar-refractivity contribution is -0.132. The highest BCUT2D eigenvalue weighted by molar-refractivity contribution is 6.36. The molecule has 1 aromatic heterocycles.